The van der Waals surface area contributed by atoms with Crippen LogP contribution in [0.15, 0.2) is 0 Å². The molecule has 0 aliphatic rings. The monoisotopic (exact) mass is 329 g/mol. The minimum atomic E-state index is -0.742. The standard InChI is InChI=1S/C18H35NO4/c1-2-3-4-5-6-8-11-14-17(19(22)23)15-12-9-7-10-13-16-18(20)21/h17H,2-16H2,1H3,(H,20,21). The fourth-order valence-electron chi connectivity index (χ4n) is 2.88. The number of carboxylic acids is 1. The summed E-state index contributed by atoms with van der Waals surface area (Å²) in [6.45, 7) is 2.20. The van der Waals surface area contributed by atoms with Gasteiger partial charge in [-0.15, -0.1) is 0 Å². The maximum atomic E-state index is 11.1. The average Bonchev–Trinajstić information content (AvgIpc) is 2.50. The summed E-state index contributed by atoms with van der Waals surface area (Å²) < 4.78 is 0. The summed E-state index contributed by atoms with van der Waals surface area (Å²) in [4.78, 5) is 21.4. The molecule has 0 amide bonds. The number of nitro groups is 1. The SMILES string of the molecule is CCCCCCCCCC(CCCCCCCC(=O)O)[N+](=O)[O-]. The van der Waals surface area contributed by atoms with Crippen LogP contribution in [0.2, 0.25) is 0 Å². The van der Waals surface area contributed by atoms with Gasteiger partial charge in [-0.2, -0.15) is 0 Å². The zero-order valence-corrected chi connectivity index (χ0v) is 14.8. The molecule has 5 heteroatoms. The summed E-state index contributed by atoms with van der Waals surface area (Å²) >= 11 is 0. The average molecular weight is 329 g/mol. The van der Waals surface area contributed by atoms with E-state index >= 15 is 0 Å². The molecule has 0 radical (unpaired) electrons. The van der Waals surface area contributed by atoms with Gasteiger partial charge in [-0.3, -0.25) is 14.9 Å². The number of unbranched alkanes of at least 4 members (excludes halogenated alkanes) is 10. The molecule has 0 aromatic heterocycles. The first kappa shape index (κ1) is 21.9. The number of carboxylic acid groups (broad SMARTS) is 1. The molecule has 1 N–H and O–H groups in total. The lowest BCUT2D eigenvalue weighted by atomic mass is 10.0. The topological polar surface area (TPSA) is 80.4 Å². The van der Waals surface area contributed by atoms with E-state index in [9.17, 15) is 14.9 Å². The molecule has 0 aromatic rings. The molecular weight excluding hydrogens is 294 g/mol. The maximum Gasteiger partial charge on any atom is 0.303 e. The Hall–Kier alpha value is -1.13. The van der Waals surface area contributed by atoms with E-state index in [4.69, 9.17) is 5.11 Å². The van der Waals surface area contributed by atoms with Gasteiger partial charge in [0.1, 0.15) is 0 Å². The Balaban J connectivity index is 3.55. The summed E-state index contributed by atoms with van der Waals surface area (Å²) in [5.74, 6) is -0.742. The number of carbonyl (C=O) groups is 1. The quantitative estimate of drug-likeness (QED) is 0.214. The highest BCUT2D eigenvalue weighted by Crippen LogP contribution is 2.16. The highest BCUT2D eigenvalue weighted by Gasteiger charge is 2.18. The molecule has 136 valence electrons. The zero-order valence-electron chi connectivity index (χ0n) is 14.8. The second-order valence-electron chi connectivity index (χ2n) is 6.55. The van der Waals surface area contributed by atoms with Gasteiger partial charge in [-0.1, -0.05) is 64.7 Å². The number of rotatable bonds is 17. The number of hydrogen-bond acceptors (Lipinski definition) is 3. The van der Waals surface area contributed by atoms with Crippen LogP contribution < -0.4 is 0 Å². The van der Waals surface area contributed by atoms with Gasteiger partial charge in [-0.25, -0.2) is 0 Å². The van der Waals surface area contributed by atoms with Crippen molar-refractivity contribution < 1.29 is 14.8 Å². The third-order valence-electron chi connectivity index (χ3n) is 4.37. The van der Waals surface area contributed by atoms with Gasteiger partial charge in [0.25, 0.3) is 0 Å². The first-order valence-corrected chi connectivity index (χ1v) is 9.43. The van der Waals surface area contributed by atoms with E-state index in [0.717, 1.165) is 38.5 Å². The van der Waals surface area contributed by atoms with Crippen LogP contribution >= 0.6 is 0 Å². The van der Waals surface area contributed by atoms with Gasteiger partial charge in [0.05, 0.1) is 0 Å². The lowest BCUT2D eigenvalue weighted by Crippen LogP contribution is -2.19. The molecule has 0 aliphatic carbocycles. The lowest BCUT2D eigenvalue weighted by Gasteiger charge is -2.09. The highest BCUT2D eigenvalue weighted by molar-refractivity contribution is 5.66. The summed E-state index contributed by atoms with van der Waals surface area (Å²) in [7, 11) is 0. The molecule has 5 nitrogen and oxygen atoms in total. The first-order chi connectivity index (χ1) is 11.1. The van der Waals surface area contributed by atoms with Gasteiger partial charge >= 0.3 is 5.97 Å². The maximum absolute atomic E-state index is 11.1. The van der Waals surface area contributed by atoms with Crippen LogP contribution in [0.1, 0.15) is 103 Å². The van der Waals surface area contributed by atoms with Crippen molar-refractivity contribution in [2.24, 2.45) is 0 Å². The lowest BCUT2D eigenvalue weighted by molar-refractivity contribution is -0.524. The predicted molar refractivity (Wildman–Crippen MR) is 93.3 cm³/mol. The van der Waals surface area contributed by atoms with Gasteiger partial charge in [0, 0.05) is 24.2 Å². The molecule has 0 saturated heterocycles. The highest BCUT2D eigenvalue weighted by atomic mass is 16.6. The fraction of sp³-hybridized carbons (Fsp3) is 0.944. The minimum Gasteiger partial charge on any atom is -0.481 e. The second kappa shape index (κ2) is 15.8. The predicted octanol–water partition coefficient (Wildman–Crippen LogP) is 5.59. The molecule has 0 fully saturated rings. The van der Waals surface area contributed by atoms with Crippen molar-refractivity contribution >= 4 is 5.97 Å². The van der Waals surface area contributed by atoms with Gasteiger partial charge in [0.2, 0.25) is 6.04 Å². The summed E-state index contributed by atoms with van der Waals surface area (Å²) in [5.41, 5.74) is 0. The van der Waals surface area contributed by atoms with Crippen molar-refractivity contribution in [1.82, 2.24) is 0 Å². The number of nitrogens with zero attached hydrogens (tertiary/aromatic N) is 1. The third-order valence-corrected chi connectivity index (χ3v) is 4.37. The van der Waals surface area contributed by atoms with Gasteiger partial charge in [-0.05, 0) is 19.3 Å². The zero-order chi connectivity index (χ0) is 17.3. The van der Waals surface area contributed by atoms with Crippen molar-refractivity contribution in [3.63, 3.8) is 0 Å². The van der Waals surface area contributed by atoms with E-state index in [0.29, 0.717) is 19.3 Å². The second-order valence-corrected chi connectivity index (χ2v) is 6.55. The third kappa shape index (κ3) is 15.5. The van der Waals surface area contributed by atoms with Crippen LogP contribution in [-0.4, -0.2) is 22.0 Å². The van der Waals surface area contributed by atoms with Crippen LogP contribution in [0.3, 0.4) is 0 Å². The summed E-state index contributed by atoms with van der Waals surface area (Å²) in [6.07, 6.45) is 14.4. The Bertz CT molecular complexity index is 307. The molecule has 0 aliphatic heterocycles. The molecule has 0 bridgehead atoms. The van der Waals surface area contributed by atoms with E-state index in [1.54, 1.807) is 0 Å². The molecule has 1 unspecified atom stereocenters. The van der Waals surface area contributed by atoms with Gasteiger partial charge < -0.3 is 5.11 Å². The Morgan fingerprint density at radius 2 is 1.30 bits per heavy atom. The molecule has 0 spiro atoms. The Kier molecular flexibility index (Phi) is 15.0. The van der Waals surface area contributed by atoms with Crippen LogP contribution in [-0.2, 0) is 4.79 Å². The van der Waals surface area contributed by atoms with Crippen LogP contribution in [0.5, 0.6) is 0 Å². The Morgan fingerprint density at radius 3 is 1.74 bits per heavy atom. The minimum absolute atomic E-state index is 0.110. The molecule has 23 heavy (non-hydrogen) atoms. The van der Waals surface area contributed by atoms with Crippen molar-refractivity contribution in [3.8, 4) is 0 Å². The fourth-order valence-corrected chi connectivity index (χ4v) is 2.88. The van der Waals surface area contributed by atoms with E-state index in [2.05, 4.69) is 6.92 Å². The van der Waals surface area contributed by atoms with Crippen molar-refractivity contribution in [2.75, 3.05) is 0 Å². The van der Waals surface area contributed by atoms with Crippen molar-refractivity contribution in [1.29, 1.82) is 0 Å². The van der Waals surface area contributed by atoms with E-state index in [1.165, 1.54) is 32.1 Å². The van der Waals surface area contributed by atoms with E-state index in [1.807, 2.05) is 0 Å². The molecule has 0 aromatic carbocycles. The normalized spacial score (nSPS) is 12.2. The van der Waals surface area contributed by atoms with Crippen LogP contribution in [0.25, 0.3) is 0 Å². The first-order valence-electron chi connectivity index (χ1n) is 9.43. The summed E-state index contributed by atoms with van der Waals surface area (Å²) in [6, 6.07) is -0.385. The number of hydrogen-bond donors (Lipinski definition) is 1. The summed E-state index contributed by atoms with van der Waals surface area (Å²) in [5, 5.41) is 19.6. The van der Waals surface area contributed by atoms with Gasteiger partial charge in [0.15, 0.2) is 0 Å². The van der Waals surface area contributed by atoms with E-state index < -0.39 is 5.97 Å². The largest absolute Gasteiger partial charge is 0.481 e. The molecule has 0 heterocycles. The van der Waals surface area contributed by atoms with E-state index in [-0.39, 0.29) is 17.4 Å². The Morgan fingerprint density at radius 1 is 0.870 bits per heavy atom. The Labute approximate surface area is 141 Å². The van der Waals surface area contributed by atoms with Crippen LogP contribution in [0.4, 0.5) is 0 Å². The molecule has 0 saturated carbocycles. The van der Waals surface area contributed by atoms with Crippen LogP contribution in [0, 0.1) is 10.1 Å². The molecular formula is C18H35NO4. The van der Waals surface area contributed by atoms with Crippen molar-refractivity contribution in [3.05, 3.63) is 10.1 Å². The molecule has 0 rings (SSSR count). The molecule has 1 atom stereocenters. The smallest absolute Gasteiger partial charge is 0.303 e. The van der Waals surface area contributed by atoms with Crippen molar-refractivity contribution in [2.45, 2.75) is 109 Å². The number of aliphatic carboxylic acids is 1.